The van der Waals surface area contributed by atoms with Crippen molar-refractivity contribution < 1.29 is 9.59 Å². The van der Waals surface area contributed by atoms with Gasteiger partial charge in [0.25, 0.3) is 0 Å². The molecule has 1 heterocycles. The first-order valence-electron chi connectivity index (χ1n) is 5.15. The molecule has 1 rings (SSSR count). The Balaban J connectivity index is 2.94. The molecule has 0 spiro atoms. The molecule has 0 aromatic rings. The third-order valence-electron chi connectivity index (χ3n) is 2.74. The maximum Gasteiger partial charge on any atom is 0.246 e. The van der Waals surface area contributed by atoms with Gasteiger partial charge in [-0.15, -0.1) is 0 Å². The number of carbonyl (C=O) groups is 2. The zero-order chi connectivity index (χ0) is 11.6. The molecule has 0 aliphatic carbocycles. The zero-order valence-electron chi connectivity index (χ0n) is 9.70. The molecular weight excluding hydrogens is 192 g/mol. The summed E-state index contributed by atoms with van der Waals surface area (Å²) in [4.78, 5) is 25.2. The summed E-state index contributed by atoms with van der Waals surface area (Å²) in [5.74, 6) is -0.128. The largest absolute Gasteiger partial charge is 0.343 e. The van der Waals surface area contributed by atoms with E-state index in [0.717, 1.165) is 0 Å². The number of rotatable bonds is 2. The van der Waals surface area contributed by atoms with Gasteiger partial charge in [0.2, 0.25) is 11.8 Å². The van der Waals surface area contributed by atoms with E-state index in [-0.39, 0.29) is 11.8 Å². The van der Waals surface area contributed by atoms with Crippen LogP contribution in [0, 0.1) is 0 Å². The Morgan fingerprint density at radius 1 is 1.47 bits per heavy atom. The molecule has 4 nitrogen and oxygen atoms in total. The van der Waals surface area contributed by atoms with Crippen LogP contribution in [0.25, 0.3) is 0 Å². The highest BCUT2D eigenvalue weighted by molar-refractivity contribution is 5.99. The number of amides is 2. The Morgan fingerprint density at radius 2 is 2.07 bits per heavy atom. The van der Waals surface area contributed by atoms with Crippen molar-refractivity contribution in [2.75, 3.05) is 6.54 Å². The van der Waals surface area contributed by atoms with Crippen LogP contribution in [0.3, 0.4) is 0 Å². The Labute approximate surface area is 90.3 Å². The number of nitrogens with one attached hydrogen (secondary N) is 1. The van der Waals surface area contributed by atoms with Crippen LogP contribution >= 0.6 is 0 Å². The molecule has 2 amide bonds. The molecule has 1 N–H and O–H groups in total. The molecule has 0 saturated carbocycles. The summed E-state index contributed by atoms with van der Waals surface area (Å²) in [6.45, 7) is 7.61. The van der Waals surface area contributed by atoms with E-state index in [4.69, 9.17) is 0 Å². The molecule has 1 saturated heterocycles. The Kier molecular flexibility index (Phi) is 3.17. The minimum absolute atomic E-state index is 0.0299. The maximum absolute atomic E-state index is 11.9. The summed E-state index contributed by atoms with van der Waals surface area (Å²) in [5.41, 5.74) is -0.761. The maximum atomic E-state index is 11.9. The van der Waals surface area contributed by atoms with Gasteiger partial charge in [-0.05, 0) is 27.7 Å². The zero-order valence-corrected chi connectivity index (χ0v) is 9.70. The first-order chi connectivity index (χ1) is 6.91. The third-order valence-corrected chi connectivity index (χ3v) is 2.74. The number of hydrogen-bond donors (Lipinski definition) is 1. The van der Waals surface area contributed by atoms with Crippen LogP contribution in [0.1, 0.15) is 27.7 Å². The van der Waals surface area contributed by atoms with E-state index in [1.165, 1.54) is 0 Å². The molecule has 84 valence electrons. The van der Waals surface area contributed by atoms with Crippen molar-refractivity contribution in [2.24, 2.45) is 0 Å². The van der Waals surface area contributed by atoms with Gasteiger partial charge < -0.3 is 10.2 Å². The van der Waals surface area contributed by atoms with E-state index in [1.807, 2.05) is 19.1 Å². The Hall–Kier alpha value is -1.32. The van der Waals surface area contributed by atoms with Crippen molar-refractivity contribution in [1.82, 2.24) is 10.2 Å². The summed E-state index contributed by atoms with van der Waals surface area (Å²) in [6.07, 6.45) is 3.76. The molecule has 1 aliphatic rings. The van der Waals surface area contributed by atoms with Crippen molar-refractivity contribution in [3.63, 3.8) is 0 Å². The van der Waals surface area contributed by atoms with Gasteiger partial charge in [0, 0.05) is 6.54 Å². The summed E-state index contributed by atoms with van der Waals surface area (Å²) in [5, 5.41) is 2.67. The highest BCUT2D eigenvalue weighted by atomic mass is 16.2. The predicted octanol–water partition coefficient (Wildman–Crippen LogP) is 0.688. The fourth-order valence-corrected chi connectivity index (χ4v) is 1.60. The molecule has 0 bridgehead atoms. The summed E-state index contributed by atoms with van der Waals surface area (Å²) in [6, 6.07) is -0.421. The lowest BCUT2D eigenvalue weighted by molar-refractivity contribution is -0.153. The molecule has 1 unspecified atom stereocenters. The average molecular weight is 210 g/mol. The van der Waals surface area contributed by atoms with Gasteiger partial charge in [-0.25, -0.2) is 0 Å². The molecule has 4 heteroatoms. The van der Waals surface area contributed by atoms with E-state index >= 15 is 0 Å². The van der Waals surface area contributed by atoms with Gasteiger partial charge >= 0.3 is 0 Å². The third kappa shape index (κ3) is 2.03. The standard InChI is InChI=1S/C11H18N2O2/c1-5-6-7-13-9(14)8(2)12-10(15)11(13,3)4/h5-6,8H,7H2,1-4H3,(H,12,15)/b6-5+. The Bertz CT molecular complexity index is 308. The van der Waals surface area contributed by atoms with Crippen LogP contribution < -0.4 is 5.32 Å². The SMILES string of the molecule is C/C=C/CN1C(=O)C(C)NC(=O)C1(C)C. The van der Waals surface area contributed by atoms with Crippen molar-refractivity contribution in [3.8, 4) is 0 Å². The molecule has 0 radical (unpaired) electrons. The topological polar surface area (TPSA) is 49.4 Å². The van der Waals surface area contributed by atoms with Crippen molar-refractivity contribution in [3.05, 3.63) is 12.2 Å². The minimum Gasteiger partial charge on any atom is -0.343 e. The number of piperazine rings is 1. The van der Waals surface area contributed by atoms with Gasteiger partial charge in [0.1, 0.15) is 11.6 Å². The lowest BCUT2D eigenvalue weighted by atomic mass is 9.96. The second kappa shape index (κ2) is 4.04. The molecular formula is C11H18N2O2. The van der Waals surface area contributed by atoms with E-state index in [9.17, 15) is 9.59 Å². The van der Waals surface area contributed by atoms with Gasteiger partial charge in [-0.1, -0.05) is 12.2 Å². The first-order valence-corrected chi connectivity index (χ1v) is 5.15. The van der Waals surface area contributed by atoms with Crippen molar-refractivity contribution >= 4 is 11.8 Å². The van der Waals surface area contributed by atoms with E-state index in [2.05, 4.69) is 5.32 Å². The fourth-order valence-electron chi connectivity index (χ4n) is 1.60. The van der Waals surface area contributed by atoms with E-state index in [1.54, 1.807) is 25.7 Å². The van der Waals surface area contributed by atoms with Crippen LogP contribution in [0.15, 0.2) is 12.2 Å². The van der Waals surface area contributed by atoms with E-state index < -0.39 is 11.6 Å². The second-order valence-corrected chi connectivity index (χ2v) is 4.27. The summed E-state index contributed by atoms with van der Waals surface area (Å²) >= 11 is 0. The molecule has 1 fully saturated rings. The average Bonchev–Trinajstić information content (AvgIpc) is 2.15. The van der Waals surface area contributed by atoms with Gasteiger partial charge in [-0.2, -0.15) is 0 Å². The summed E-state index contributed by atoms with van der Waals surface area (Å²) < 4.78 is 0. The van der Waals surface area contributed by atoms with Gasteiger partial charge in [0.15, 0.2) is 0 Å². The lowest BCUT2D eigenvalue weighted by Crippen LogP contribution is -2.67. The van der Waals surface area contributed by atoms with Crippen LogP contribution in [-0.2, 0) is 9.59 Å². The molecule has 1 atom stereocenters. The minimum atomic E-state index is -0.761. The van der Waals surface area contributed by atoms with Crippen LogP contribution in [-0.4, -0.2) is 34.8 Å². The van der Waals surface area contributed by atoms with Crippen LogP contribution in [0.5, 0.6) is 0 Å². The lowest BCUT2D eigenvalue weighted by Gasteiger charge is -2.43. The normalized spacial score (nSPS) is 25.9. The fraction of sp³-hybridized carbons (Fsp3) is 0.636. The van der Waals surface area contributed by atoms with Crippen molar-refractivity contribution in [1.29, 1.82) is 0 Å². The van der Waals surface area contributed by atoms with Gasteiger partial charge in [0.05, 0.1) is 0 Å². The first kappa shape index (κ1) is 11.8. The second-order valence-electron chi connectivity index (χ2n) is 4.27. The highest BCUT2D eigenvalue weighted by Crippen LogP contribution is 2.20. The summed E-state index contributed by atoms with van der Waals surface area (Å²) in [7, 11) is 0. The highest BCUT2D eigenvalue weighted by Gasteiger charge is 2.43. The van der Waals surface area contributed by atoms with E-state index in [0.29, 0.717) is 6.54 Å². The number of carbonyl (C=O) groups excluding carboxylic acids is 2. The number of hydrogen-bond acceptors (Lipinski definition) is 2. The smallest absolute Gasteiger partial charge is 0.246 e. The quantitative estimate of drug-likeness (QED) is 0.682. The molecule has 1 aliphatic heterocycles. The molecule has 0 aromatic heterocycles. The van der Waals surface area contributed by atoms with Gasteiger partial charge in [-0.3, -0.25) is 9.59 Å². The van der Waals surface area contributed by atoms with Crippen LogP contribution in [0.2, 0.25) is 0 Å². The van der Waals surface area contributed by atoms with Crippen LogP contribution in [0.4, 0.5) is 0 Å². The predicted molar refractivity (Wildman–Crippen MR) is 58.2 cm³/mol. The monoisotopic (exact) mass is 210 g/mol. The molecule has 15 heavy (non-hydrogen) atoms. The number of nitrogens with zero attached hydrogens (tertiary/aromatic N) is 1. The number of allylic oxidation sites excluding steroid dienone is 1. The molecule has 0 aromatic carbocycles. The van der Waals surface area contributed by atoms with Crippen molar-refractivity contribution in [2.45, 2.75) is 39.3 Å². The Morgan fingerprint density at radius 3 is 2.60 bits per heavy atom.